The van der Waals surface area contributed by atoms with E-state index in [0.717, 1.165) is 10.0 Å². The predicted octanol–water partition coefficient (Wildman–Crippen LogP) is 3.54. The van der Waals surface area contributed by atoms with Crippen molar-refractivity contribution in [3.8, 4) is 17.4 Å². The Hall–Kier alpha value is -1.75. The molecule has 0 atom stereocenters. The van der Waals surface area contributed by atoms with Crippen molar-refractivity contribution < 1.29 is 9.47 Å². The maximum atomic E-state index is 5.85. The summed E-state index contributed by atoms with van der Waals surface area (Å²) in [6.07, 6.45) is 1.73. The average Bonchev–Trinajstić information content (AvgIpc) is 2.35. The zero-order valence-corrected chi connectivity index (χ0v) is 11.7. The second-order valence-corrected chi connectivity index (χ2v) is 4.66. The number of ether oxygens (including phenoxy) is 2. The van der Waals surface area contributed by atoms with Gasteiger partial charge < -0.3 is 15.2 Å². The summed E-state index contributed by atoms with van der Waals surface area (Å²) < 4.78 is 11.6. The molecule has 0 saturated heterocycles. The zero-order valence-electron chi connectivity index (χ0n) is 10.1. The minimum Gasteiger partial charge on any atom is -0.497 e. The highest BCUT2D eigenvalue weighted by molar-refractivity contribution is 9.10. The molecule has 1 aromatic heterocycles. The Balaban J connectivity index is 2.33. The monoisotopic (exact) mass is 308 g/mol. The first-order valence-corrected chi connectivity index (χ1v) is 6.13. The maximum Gasteiger partial charge on any atom is 0.233 e. The summed E-state index contributed by atoms with van der Waals surface area (Å²) in [5.41, 5.74) is 7.43. The third-order valence-electron chi connectivity index (χ3n) is 2.37. The van der Waals surface area contributed by atoms with Crippen LogP contribution in [0, 0.1) is 6.92 Å². The number of aromatic nitrogens is 1. The molecule has 0 unspecified atom stereocenters. The van der Waals surface area contributed by atoms with E-state index in [1.807, 2.05) is 13.0 Å². The van der Waals surface area contributed by atoms with E-state index in [1.54, 1.807) is 31.5 Å². The van der Waals surface area contributed by atoms with E-state index >= 15 is 0 Å². The van der Waals surface area contributed by atoms with Crippen molar-refractivity contribution in [2.75, 3.05) is 12.8 Å². The molecule has 2 N–H and O–H groups in total. The van der Waals surface area contributed by atoms with Crippen LogP contribution in [-0.2, 0) is 0 Å². The molecule has 5 heteroatoms. The molecule has 1 heterocycles. The van der Waals surface area contributed by atoms with Crippen LogP contribution >= 0.6 is 15.9 Å². The molecule has 0 aliphatic heterocycles. The number of benzene rings is 1. The lowest BCUT2D eigenvalue weighted by Crippen LogP contribution is -1.95. The van der Waals surface area contributed by atoms with Crippen molar-refractivity contribution in [3.05, 3.63) is 40.5 Å². The van der Waals surface area contributed by atoms with E-state index in [2.05, 4.69) is 20.9 Å². The number of nitrogens with two attached hydrogens (primary N) is 1. The van der Waals surface area contributed by atoms with Gasteiger partial charge in [0.15, 0.2) is 5.75 Å². The highest BCUT2D eigenvalue weighted by Gasteiger charge is 2.08. The fourth-order valence-corrected chi connectivity index (χ4v) is 1.97. The molecule has 94 valence electrons. The van der Waals surface area contributed by atoms with Gasteiger partial charge in [-0.3, -0.25) is 0 Å². The number of hydrogen-bond acceptors (Lipinski definition) is 4. The molecule has 1 aromatic carbocycles. The summed E-state index contributed by atoms with van der Waals surface area (Å²) in [4.78, 5) is 4.20. The number of halogens is 1. The van der Waals surface area contributed by atoms with Crippen LogP contribution < -0.4 is 15.2 Å². The quantitative estimate of drug-likeness (QED) is 0.881. The smallest absolute Gasteiger partial charge is 0.233 e. The summed E-state index contributed by atoms with van der Waals surface area (Å²) in [5.74, 6) is 1.68. The van der Waals surface area contributed by atoms with Gasteiger partial charge in [0, 0.05) is 12.3 Å². The molecular formula is C13H13BrN2O2. The number of nitrogens with zero attached hydrogens (tertiary/aromatic N) is 1. The van der Waals surface area contributed by atoms with Crippen LogP contribution in [0.2, 0.25) is 0 Å². The highest BCUT2D eigenvalue weighted by Crippen LogP contribution is 2.33. The number of rotatable bonds is 3. The van der Waals surface area contributed by atoms with Crippen molar-refractivity contribution in [1.82, 2.24) is 4.98 Å². The van der Waals surface area contributed by atoms with Crippen LogP contribution in [0.5, 0.6) is 17.4 Å². The average molecular weight is 309 g/mol. The number of aryl methyl sites for hydroxylation is 1. The standard InChI is InChI=1S/C13H13BrN2O2/c1-8-5-10(14)13(16-7-8)18-12-6-9(17-2)3-4-11(12)15/h3-7H,15H2,1-2H3. The summed E-state index contributed by atoms with van der Waals surface area (Å²) >= 11 is 3.41. The third-order valence-corrected chi connectivity index (χ3v) is 2.94. The van der Waals surface area contributed by atoms with Crippen LogP contribution in [0.15, 0.2) is 34.9 Å². The van der Waals surface area contributed by atoms with Gasteiger partial charge in [-0.2, -0.15) is 0 Å². The van der Waals surface area contributed by atoms with Gasteiger partial charge in [0.25, 0.3) is 0 Å². The highest BCUT2D eigenvalue weighted by atomic mass is 79.9. The zero-order chi connectivity index (χ0) is 13.1. The molecule has 0 spiro atoms. The summed E-state index contributed by atoms with van der Waals surface area (Å²) in [6.45, 7) is 1.96. The van der Waals surface area contributed by atoms with E-state index in [-0.39, 0.29) is 0 Å². The Morgan fingerprint density at radius 3 is 2.72 bits per heavy atom. The van der Waals surface area contributed by atoms with E-state index in [0.29, 0.717) is 23.1 Å². The van der Waals surface area contributed by atoms with Gasteiger partial charge in [-0.15, -0.1) is 0 Å². The fraction of sp³-hybridized carbons (Fsp3) is 0.154. The minimum atomic E-state index is 0.473. The van der Waals surface area contributed by atoms with Gasteiger partial charge in [0.1, 0.15) is 5.75 Å². The number of anilines is 1. The lowest BCUT2D eigenvalue weighted by atomic mass is 10.3. The van der Waals surface area contributed by atoms with Crippen LogP contribution in [0.25, 0.3) is 0 Å². The van der Waals surface area contributed by atoms with E-state index in [4.69, 9.17) is 15.2 Å². The van der Waals surface area contributed by atoms with E-state index < -0.39 is 0 Å². The van der Waals surface area contributed by atoms with Crippen LogP contribution in [0.4, 0.5) is 5.69 Å². The SMILES string of the molecule is COc1ccc(N)c(Oc2ncc(C)cc2Br)c1. The first-order valence-electron chi connectivity index (χ1n) is 5.33. The number of methoxy groups -OCH3 is 1. The normalized spacial score (nSPS) is 10.2. The molecule has 0 saturated carbocycles. The van der Waals surface area contributed by atoms with Crippen molar-refractivity contribution in [2.45, 2.75) is 6.92 Å². The predicted molar refractivity (Wildman–Crippen MR) is 74.2 cm³/mol. The first kappa shape index (κ1) is 12.7. The lowest BCUT2D eigenvalue weighted by Gasteiger charge is -2.10. The van der Waals surface area contributed by atoms with E-state index in [9.17, 15) is 0 Å². The Morgan fingerprint density at radius 2 is 2.06 bits per heavy atom. The number of pyridine rings is 1. The molecular weight excluding hydrogens is 296 g/mol. The van der Waals surface area contributed by atoms with Crippen LogP contribution in [0.1, 0.15) is 5.56 Å². The third kappa shape index (κ3) is 2.73. The van der Waals surface area contributed by atoms with Crippen molar-refractivity contribution in [2.24, 2.45) is 0 Å². The summed E-state index contributed by atoms with van der Waals surface area (Å²) in [6, 6.07) is 7.16. The minimum absolute atomic E-state index is 0.473. The Kier molecular flexibility index (Phi) is 3.72. The Morgan fingerprint density at radius 1 is 1.28 bits per heavy atom. The van der Waals surface area contributed by atoms with Gasteiger partial charge >= 0.3 is 0 Å². The molecule has 0 radical (unpaired) electrons. The molecule has 4 nitrogen and oxygen atoms in total. The molecule has 18 heavy (non-hydrogen) atoms. The van der Waals surface area contributed by atoms with Gasteiger partial charge in [0.05, 0.1) is 17.3 Å². The first-order chi connectivity index (χ1) is 8.60. The molecule has 0 amide bonds. The molecule has 2 aromatic rings. The number of nitrogen functional groups attached to an aromatic ring is 1. The Bertz CT molecular complexity index is 573. The fourth-order valence-electron chi connectivity index (χ4n) is 1.43. The van der Waals surface area contributed by atoms with E-state index in [1.165, 1.54) is 0 Å². The Labute approximate surface area is 114 Å². The maximum absolute atomic E-state index is 5.85. The summed E-state index contributed by atoms with van der Waals surface area (Å²) in [5, 5.41) is 0. The van der Waals surface area contributed by atoms with Crippen molar-refractivity contribution in [1.29, 1.82) is 0 Å². The molecule has 0 aliphatic rings. The topological polar surface area (TPSA) is 57.4 Å². The van der Waals surface area contributed by atoms with Crippen LogP contribution in [-0.4, -0.2) is 12.1 Å². The summed E-state index contributed by atoms with van der Waals surface area (Å²) in [7, 11) is 1.59. The van der Waals surface area contributed by atoms with Gasteiger partial charge in [-0.05, 0) is 46.6 Å². The van der Waals surface area contributed by atoms with Gasteiger partial charge in [-0.1, -0.05) is 0 Å². The molecule has 0 aliphatic carbocycles. The largest absolute Gasteiger partial charge is 0.497 e. The van der Waals surface area contributed by atoms with Crippen molar-refractivity contribution in [3.63, 3.8) is 0 Å². The molecule has 0 fully saturated rings. The van der Waals surface area contributed by atoms with Gasteiger partial charge in [0.2, 0.25) is 5.88 Å². The second-order valence-electron chi connectivity index (χ2n) is 3.81. The molecule has 0 bridgehead atoms. The van der Waals surface area contributed by atoms with Gasteiger partial charge in [-0.25, -0.2) is 4.98 Å². The molecule has 2 rings (SSSR count). The van der Waals surface area contributed by atoms with Crippen LogP contribution in [0.3, 0.4) is 0 Å². The lowest BCUT2D eigenvalue weighted by molar-refractivity contribution is 0.407. The second kappa shape index (κ2) is 5.27. The number of hydrogen-bond donors (Lipinski definition) is 1. The van der Waals surface area contributed by atoms with Crippen molar-refractivity contribution >= 4 is 21.6 Å².